The van der Waals surface area contributed by atoms with Crippen LogP contribution in [0.5, 0.6) is 0 Å². The van der Waals surface area contributed by atoms with Crippen LogP contribution in [-0.2, 0) is 23.0 Å². The Balaban J connectivity index is 2.04. The highest BCUT2D eigenvalue weighted by atomic mass is 32.2. The SMILES string of the molecule is CNCc1c(S(=O)(=O)NCCc2csc(C)n2)n[nH]c1C. The number of nitrogens with one attached hydrogen (secondary N) is 3. The first-order valence-corrected chi connectivity index (χ1v) is 8.89. The van der Waals surface area contributed by atoms with Gasteiger partial charge in [0.15, 0.2) is 5.03 Å². The van der Waals surface area contributed by atoms with Crippen LogP contribution in [0.2, 0.25) is 0 Å². The van der Waals surface area contributed by atoms with E-state index in [1.165, 1.54) is 0 Å². The molecule has 2 heterocycles. The summed E-state index contributed by atoms with van der Waals surface area (Å²) in [6, 6.07) is 0. The van der Waals surface area contributed by atoms with Gasteiger partial charge in [-0.05, 0) is 20.9 Å². The van der Waals surface area contributed by atoms with Crippen LogP contribution in [0.15, 0.2) is 10.4 Å². The summed E-state index contributed by atoms with van der Waals surface area (Å²) in [6.45, 7) is 4.48. The number of H-pyrrole nitrogens is 1. The van der Waals surface area contributed by atoms with Crippen LogP contribution in [0.3, 0.4) is 0 Å². The zero-order valence-corrected chi connectivity index (χ0v) is 13.9. The number of aromatic amines is 1. The van der Waals surface area contributed by atoms with Gasteiger partial charge in [0.05, 0.1) is 10.7 Å². The lowest BCUT2D eigenvalue weighted by atomic mass is 10.3. The third kappa shape index (κ3) is 3.88. The third-order valence-corrected chi connectivity index (χ3v) is 5.24. The quantitative estimate of drug-likeness (QED) is 0.695. The van der Waals surface area contributed by atoms with E-state index in [0.717, 1.165) is 16.4 Å². The molecule has 21 heavy (non-hydrogen) atoms. The summed E-state index contributed by atoms with van der Waals surface area (Å²) in [4.78, 5) is 4.31. The summed E-state index contributed by atoms with van der Waals surface area (Å²) in [5, 5.41) is 12.6. The number of aryl methyl sites for hydroxylation is 2. The zero-order chi connectivity index (χ0) is 15.5. The van der Waals surface area contributed by atoms with Crippen molar-refractivity contribution in [2.45, 2.75) is 31.8 Å². The second-order valence-corrected chi connectivity index (χ2v) is 7.41. The van der Waals surface area contributed by atoms with Crippen LogP contribution < -0.4 is 10.0 Å². The Morgan fingerprint density at radius 3 is 2.76 bits per heavy atom. The zero-order valence-electron chi connectivity index (χ0n) is 12.2. The Labute approximate surface area is 128 Å². The molecule has 0 fully saturated rings. The number of aromatic nitrogens is 3. The summed E-state index contributed by atoms with van der Waals surface area (Å²) in [7, 11) is -1.85. The van der Waals surface area contributed by atoms with E-state index < -0.39 is 10.0 Å². The second kappa shape index (κ2) is 6.65. The van der Waals surface area contributed by atoms with Gasteiger partial charge in [-0.3, -0.25) is 5.10 Å². The van der Waals surface area contributed by atoms with Crippen LogP contribution in [-0.4, -0.2) is 37.2 Å². The highest BCUT2D eigenvalue weighted by Gasteiger charge is 2.22. The van der Waals surface area contributed by atoms with Crippen LogP contribution in [0.1, 0.15) is 22.0 Å². The third-order valence-electron chi connectivity index (χ3n) is 2.98. The number of sulfonamides is 1. The number of thiazole rings is 1. The second-order valence-electron chi connectivity index (χ2n) is 4.67. The van der Waals surface area contributed by atoms with E-state index in [4.69, 9.17) is 0 Å². The van der Waals surface area contributed by atoms with Crippen molar-refractivity contribution in [3.63, 3.8) is 0 Å². The minimum atomic E-state index is -3.61. The molecule has 0 aromatic carbocycles. The molecule has 2 aromatic heterocycles. The molecule has 0 aliphatic heterocycles. The molecule has 2 aromatic rings. The molecule has 0 amide bonds. The lowest BCUT2D eigenvalue weighted by Crippen LogP contribution is -2.27. The molecule has 0 unspecified atom stereocenters. The Hall–Kier alpha value is -1.29. The van der Waals surface area contributed by atoms with Gasteiger partial charge in [0.1, 0.15) is 0 Å². The predicted octanol–water partition coefficient (Wildman–Crippen LogP) is 0.723. The van der Waals surface area contributed by atoms with Crippen molar-refractivity contribution in [3.8, 4) is 0 Å². The monoisotopic (exact) mass is 329 g/mol. The molecule has 116 valence electrons. The molecule has 9 heteroatoms. The van der Waals surface area contributed by atoms with E-state index >= 15 is 0 Å². The van der Waals surface area contributed by atoms with Gasteiger partial charge in [0.25, 0.3) is 10.0 Å². The van der Waals surface area contributed by atoms with Gasteiger partial charge < -0.3 is 5.32 Å². The standard InChI is InChI=1S/C12H19N5O2S2/c1-8-11(6-13-3)12(17-16-8)21(18,19)14-5-4-10-7-20-9(2)15-10/h7,13-14H,4-6H2,1-3H3,(H,16,17). The lowest BCUT2D eigenvalue weighted by Gasteiger charge is -2.06. The Morgan fingerprint density at radius 1 is 1.38 bits per heavy atom. The van der Waals surface area contributed by atoms with Gasteiger partial charge >= 0.3 is 0 Å². The average molecular weight is 329 g/mol. The topological polar surface area (TPSA) is 99.8 Å². The number of hydrogen-bond donors (Lipinski definition) is 3. The van der Waals surface area contributed by atoms with E-state index in [-0.39, 0.29) is 5.03 Å². The van der Waals surface area contributed by atoms with Crippen molar-refractivity contribution in [1.29, 1.82) is 0 Å². The average Bonchev–Trinajstić information content (AvgIpc) is 2.98. The Kier molecular flexibility index (Phi) is 5.09. The van der Waals surface area contributed by atoms with Crippen molar-refractivity contribution in [1.82, 2.24) is 25.2 Å². The summed E-state index contributed by atoms with van der Waals surface area (Å²) in [5.41, 5.74) is 2.31. The van der Waals surface area contributed by atoms with Gasteiger partial charge in [-0.25, -0.2) is 18.1 Å². The van der Waals surface area contributed by atoms with Crippen molar-refractivity contribution in [2.24, 2.45) is 0 Å². The van der Waals surface area contributed by atoms with Crippen molar-refractivity contribution in [3.05, 3.63) is 27.3 Å². The molecule has 0 saturated carbocycles. The fourth-order valence-corrected chi connectivity index (χ4v) is 3.81. The Morgan fingerprint density at radius 2 is 2.14 bits per heavy atom. The fourth-order valence-electron chi connectivity index (χ4n) is 1.94. The summed E-state index contributed by atoms with van der Waals surface area (Å²) < 4.78 is 27.2. The minimum Gasteiger partial charge on any atom is -0.316 e. The van der Waals surface area contributed by atoms with E-state index in [0.29, 0.717) is 25.1 Å². The summed E-state index contributed by atoms with van der Waals surface area (Å²) >= 11 is 1.56. The van der Waals surface area contributed by atoms with Crippen LogP contribution >= 0.6 is 11.3 Å². The van der Waals surface area contributed by atoms with Gasteiger partial charge in [0.2, 0.25) is 0 Å². The van der Waals surface area contributed by atoms with Gasteiger partial charge in [-0.2, -0.15) is 5.10 Å². The first kappa shape index (κ1) is 16.1. The molecule has 0 aliphatic rings. The molecular formula is C12H19N5O2S2. The maximum Gasteiger partial charge on any atom is 0.260 e. The highest BCUT2D eigenvalue weighted by Crippen LogP contribution is 2.16. The van der Waals surface area contributed by atoms with Crippen molar-refractivity contribution >= 4 is 21.4 Å². The maximum absolute atomic E-state index is 12.3. The summed E-state index contributed by atoms with van der Waals surface area (Å²) in [5.74, 6) is 0. The molecular weight excluding hydrogens is 310 g/mol. The van der Waals surface area contributed by atoms with Crippen LogP contribution in [0, 0.1) is 13.8 Å². The highest BCUT2D eigenvalue weighted by molar-refractivity contribution is 7.89. The smallest absolute Gasteiger partial charge is 0.260 e. The van der Waals surface area contributed by atoms with Crippen LogP contribution in [0.25, 0.3) is 0 Å². The van der Waals surface area contributed by atoms with Gasteiger partial charge in [-0.1, -0.05) is 0 Å². The Bertz CT molecular complexity index is 705. The summed E-state index contributed by atoms with van der Waals surface area (Å²) in [6.07, 6.45) is 0.564. The number of nitrogens with zero attached hydrogens (tertiary/aromatic N) is 2. The molecule has 0 spiro atoms. The van der Waals surface area contributed by atoms with E-state index in [9.17, 15) is 8.42 Å². The van der Waals surface area contributed by atoms with Crippen molar-refractivity contribution < 1.29 is 8.42 Å². The molecule has 0 atom stereocenters. The molecule has 0 saturated heterocycles. The lowest BCUT2D eigenvalue weighted by molar-refractivity contribution is 0.575. The van der Waals surface area contributed by atoms with Gasteiger partial charge in [0, 0.05) is 36.1 Å². The molecule has 2 rings (SSSR count). The number of hydrogen-bond acceptors (Lipinski definition) is 6. The van der Waals surface area contributed by atoms with E-state index in [1.54, 1.807) is 25.3 Å². The molecule has 3 N–H and O–H groups in total. The first-order chi connectivity index (χ1) is 9.94. The normalized spacial score (nSPS) is 12.0. The minimum absolute atomic E-state index is 0.0591. The molecule has 0 radical (unpaired) electrons. The molecule has 7 nitrogen and oxygen atoms in total. The largest absolute Gasteiger partial charge is 0.316 e. The number of rotatable bonds is 7. The fraction of sp³-hybridized carbons (Fsp3) is 0.500. The van der Waals surface area contributed by atoms with E-state index in [2.05, 4.69) is 25.2 Å². The van der Waals surface area contributed by atoms with Gasteiger partial charge in [-0.15, -0.1) is 11.3 Å². The first-order valence-electron chi connectivity index (χ1n) is 6.53. The van der Waals surface area contributed by atoms with E-state index in [1.807, 2.05) is 12.3 Å². The van der Waals surface area contributed by atoms with Crippen LogP contribution in [0.4, 0.5) is 0 Å². The molecule has 0 bridgehead atoms. The molecule has 0 aliphatic carbocycles. The maximum atomic E-state index is 12.3. The van der Waals surface area contributed by atoms with Crippen molar-refractivity contribution in [2.75, 3.05) is 13.6 Å². The predicted molar refractivity (Wildman–Crippen MR) is 81.8 cm³/mol.